The van der Waals surface area contributed by atoms with Crippen molar-refractivity contribution in [3.63, 3.8) is 0 Å². The Kier molecular flexibility index (Phi) is 12.9. The second-order valence-corrected chi connectivity index (χ2v) is 11.5. The van der Waals surface area contributed by atoms with E-state index in [4.69, 9.17) is 23.7 Å². The van der Waals surface area contributed by atoms with E-state index >= 15 is 0 Å². The molecule has 1 heterocycles. The molecular weight excluding hydrogens is 684 g/mol. The molecule has 0 aliphatic carbocycles. The Bertz CT molecular complexity index is 1680. The van der Waals surface area contributed by atoms with Crippen LogP contribution in [0.1, 0.15) is 42.1 Å². The third-order valence-electron chi connectivity index (χ3n) is 7.14. The Balaban J connectivity index is 1.42. The Labute approximate surface area is 287 Å². The van der Waals surface area contributed by atoms with Gasteiger partial charge in [0.2, 0.25) is 0 Å². The van der Waals surface area contributed by atoms with E-state index < -0.39 is 24.3 Å². The summed E-state index contributed by atoms with van der Waals surface area (Å²) in [5.41, 5.74) is 6.49. The predicted octanol–water partition coefficient (Wildman–Crippen LogP) is 5.29. The summed E-state index contributed by atoms with van der Waals surface area (Å²) in [5.74, 6) is 1.30. The number of halogens is 1. The summed E-state index contributed by atoms with van der Waals surface area (Å²) in [6, 6.07) is 15.4. The van der Waals surface area contributed by atoms with Crippen LogP contribution in [0.5, 0.6) is 23.0 Å². The summed E-state index contributed by atoms with van der Waals surface area (Å²) in [6.45, 7) is 7.83. The van der Waals surface area contributed by atoms with Crippen LogP contribution in [0.25, 0.3) is 0 Å². The topological polar surface area (TPSA) is 149 Å². The number of hydrogen-bond donors (Lipinski definition) is 4. The molecule has 0 spiro atoms. The standard InChI is InChI=1S/C35H39BrN4O8/c1-6-8-25-15-23(16-29(44-4)33(25)48-19-22-9-12-26(36)13-10-22)18-37-40-30(41)20-47-27-14-11-24(17-28(27)46-7-2)32-31(34(42)45-5)21(3)38-35(43)39-32/h6,9-18,30,32,40-41H,1,7-8,19-20H2,2-5H3,(H2,38,39,43)/b37-18-/t30-,32+/m0/s1. The summed E-state index contributed by atoms with van der Waals surface area (Å²) >= 11 is 3.44. The van der Waals surface area contributed by atoms with Crippen LogP contribution in [0.15, 0.2) is 88.1 Å². The largest absolute Gasteiger partial charge is 0.493 e. The molecule has 4 rings (SSSR count). The monoisotopic (exact) mass is 722 g/mol. The number of hydrogen-bond acceptors (Lipinski definition) is 10. The Morgan fingerprint density at radius 1 is 1.08 bits per heavy atom. The maximum Gasteiger partial charge on any atom is 0.337 e. The number of aliphatic hydroxyl groups is 1. The zero-order valence-corrected chi connectivity index (χ0v) is 28.8. The molecule has 2 amide bonds. The van der Waals surface area contributed by atoms with Crippen LogP contribution in [0, 0.1) is 0 Å². The molecule has 48 heavy (non-hydrogen) atoms. The number of nitrogens with one attached hydrogen (secondary N) is 3. The van der Waals surface area contributed by atoms with E-state index in [0.717, 1.165) is 21.2 Å². The van der Waals surface area contributed by atoms with Gasteiger partial charge in [-0.05, 0) is 73.4 Å². The zero-order chi connectivity index (χ0) is 34.6. The van der Waals surface area contributed by atoms with E-state index in [9.17, 15) is 14.7 Å². The average Bonchev–Trinajstić information content (AvgIpc) is 3.07. The molecule has 3 aromatic rings. The fourth-order valence-corrected chi connectivity index (χ4v) is 5.20. The lowest BCUT2D eigenvalue weighted by atomic mass is 9.95. The Morgan fingerprint density at radius 3 is 2.54 bits per heavy atom. The molecular formula is C35H39BrN4O8. The number of aliphatic hydroxyl groups excluding tert-OH is 1. The number of methoxy groups -OCH3 is 2. The highest BCUT2D eigenvalue weighted by molar-refractivity contribution is 9.10. The number of carbonyl (C=O) groups excluding carboxylic acids is 2. The van der Waals surface area contributed by atoms with E-state index in [1.807, 2.05) is 37.3 Å². The van der Waals surface area contributed by atoms with E-state index in [-0.39, 0.29) is 12.2 Å². The smallest absolute Gasteiger partial charge is 0.337 e. The molecule has 2 atom stereocenters. The molecule has 0 unspecified atom stereocenters. The summed E-state index contributed by atoms with van der Waals surface area (Å²) in [6.07, 6.45) is 2.71. The third-order valence-corrected chi connectivity index (χ3v) is 7.67. The van der Waals surface area contributed by atoms with Gasteiger partial charge >= 0.3 is 12.0 Å². The van der Waals surface area contributed by atoms with Gasteiger partial charge in [0.05, 0.1) is 38.7 Å². The Hall–Kier alpha value is -5.01. The molecule has 0 bridgehead atoms. The molecule has 254 valence electrons. The number of hydrazone groups is 1. The molecule has 0 saturated heterocycles. The van der Waals surface area contributed by atoms with E-state index in [1.165, 1.54) is 7.11 Å². The molecule has 4 N–H and O–H groups in total. The summed E-state index contributed by atoms with van der Waals surface area (Å²) in [5, 5.41) is 20.1. The van der Waals surface area contributed by atoms with Crippen molar-refractivity contribution in [2.45, 2.75) is 39.1 Å². The van der Waals surface area contributed by atoms with E-state index in [0.29, 0.717) is 53.9 Å². The Morgan fingerprint density at radius 2 is 1.85 bits per heavy atom. The number of ether oxygens (including phenoxy) is 5. The molecule has 13 heteroatoms. The van der Waals surface area contributed by atoms with Crippen LogP contribution >= 0.6 is 15.9 Å². The quantitative estimate of drug-likeness (QED) is 0.0509. The SMILES string of the molecule is C=CCc1cc(/C=N\N[C@@H](O)COc2ccc([C@H]3NC(=O)NC(C)=C3C(=O)OC)cc2OCC)cc(OC)c1OCc1ccc(Br)cc1. The van der Waals surface area contributed by atoms with Gasteiger partial charge in [-0.3, -0.25) is 5.43 Å². The van der Waals surface area contributed by atoms with Gasteiger partial charge in [0, 0.05) is 15.7 Å². The third kappa shape index (κ3) is 9.29. The normalized spacial score (nSPS) is 14.9. The molecule has 1 aliphatic rings. The second kappa shape index (κ2) is 17.2. The highest BCUT2D eigenvalue weighted by Gasteiger charge is 2.32. The van der Waals surface area contributed by atoms with Crippen LogP contribution in [-0.4, -0.2) is 57.0 Å². The number of benzene rings is 3. The number of amides is 2. The zero-order valence-electron chi connectivity index (χ0n) is 27.2. The van der Waals surface area contributed by atoms with Gasteiger partial charge in [-0.15, -0.1) is 6.58 Å². The van der Waals surface area contributed by atoms with Crippen LogP contribution in [-0.2, 0) is 22.6 Å². The fourth-order valence-electron chi connectivity index (χ4n) is 4.94. The maximum absolute atomic E-state index is 12.5. The van der Waals surface area contributed by atoms with Gasteiger partial charge in [-0.1, -0.05) is 40.2 Å². The van der Waals surface area contributed by atoms with Crippen molar-refractivity contribution in [3.8, 4) is 23.0 Å². The van der Waals surface area contributed by atoms with Gasteiger partial charge in [0.15, 0.2) is 29.2 Å². The lowest BCUT2D eigenvalue weighted by Gasteiger charge is -2.28. The number of nitrogens with zero attached hydrogens (tertiary/aromatic N) is 1. The molecule has 0 saturated carbocycles. The first-order valence-electron chi connectivity index (χ1n) is 15.1. The van der Waals surface area contributed by atoms with Crippen LogP contribution in [0.2, 0.25) is 0 Å². The predicted molar refractivity (Wildman–Crippen MR) is 184 cm³/mol. The van der Waals surface area contributed by atoms with Crippen molar-refractivity contribution in [1.82, 2.24) is 16.1 Å². The highest BCUT2D eigenvalue weighted by Crippen LogP contribution is 2.36. The molecule has 1 aliphatic heterocycles. The van der Waals surface area contributed by atoms with Gasteiger partial charge in [0.1, 0.15) is 13.2 Å². The maximum atomic E-state index is 12.5. The molecule has 3 aromatic carbocycles. The van der Waals surface area contributed by atoms with Crippen molar-refractivity contribution < 1.29 is 38.4 Å². The minimum absolute atomic E-state index is 0.166. The first-order chi connectivity index (χ1) is 23.2. The number of carbonyl (C=O) groups is 2. The lowest BCUT2D eigenvalue weighted by Crippen LogP contribution is -2.45. The number of urea groups is 1. The average molecular weight is 724 g/mol. The first kappa shape index (κ1) is 35.8. The number of rotatable bonds is 16. The molecule has 12 nitrogen and oxygen atoms in total. The van der Waals surface area contributed by atoms with Crippen molar-refractivity contribution in [2.24, 2.45) is 5.10 Å². The van der Waals surface area contributed by atoms with E-state index in [2.05, 4.69) is 43.7 Å². The summed E-state index contributed by atoms with van der Waals surface area (Å²) in [4.78, 5) is 24.7. The first-order valence-corrected chi connectivity index (χ1v) is 15.9. The van der Waals surface area contributed by atoms with Crippen molar-refractivity contribution in [2.75, 3.05) is 27.4 Å². The second-order valence-electron chi connectivity index (χ2n) is 10.5. The number of allylic oxidation sites excluding steroid dienone is 2. The van der Waals surface area contributed by atoms with Crippen LogP contribution in [0.4, 0.5) is 4.79 Å². The molecule has 0 fully saturated rings. The van der Waals surface area contributed by atoms with Crippen molar-refractivity contribution >= 4 is 34.1 Å². The van der Waals surface area contributed by atoms with Crippen molar-refractivity contribution in [3.05, 3.63) is 105 Å². The van der Waals surface area contributed by atoms with Gasteiger partial charge in [0.25, 0.3) is 0 Å². The minimum atomic E-state index is -1.17. The fraction of sp³-hybridized carbons (Fsp3) is 0.286. The lowest BCUT2D eigenvalue weighted by molar-refractivity contribution is -0.136. The number of esters is 1. The van der Waals surface area contributed by atoms with Gasteiger partial charge in [-0.2, -0.15) is 5.10 Å². The summed E-state index contributed by atoms with van der Waals surface area (Å²) < 4.78 is 29.3. The van der Waals surface area contributed by atoms with Crippen molar-refractivity contribution in [1.29, 1.82) is 0 Å². The van der Waals surface area contributed by atoms with Crippen LogP contribution < -0.4 is 35.0 Å². The van der Waals surface area contributed by atoms with Gasteiger partial charge in [-0.25, -0.2) is 9.59 Å². The van der Waals surface area contributed by atoms with Gasteiger partial charge < -0.3 is 39.4 Å². The van der Waals surface area contributed by atoms with Crippen LogP contribution in [0.3, 0.4) is 0 Å². The summed E-state index contributed by atoms with van der Waals surface area (Å²) in [7, 11) is 2.85. The van der Waals surface area contributed by atoms with E-state index in [1.54, 1.807) is 50.6 Å². The molecule has 0 radical (unpaired) electrons. The highest BCUT2D eigenvalue weighted by atomic mass is 79.9. The molecule has 0 aromatic heterocycles. The minimum Gasteiger partial charge on any atom is -0.493 e.